The molecule has 1 saturated heterocycles. The van der Waals surface area contributed by atoms with E-state index in [1.54, 1.807) is 0 Å². The maximum absolute atomic E-state index is 9.28. The molecule has 1 aliphatic carbocycles. The molecule has 0 aromatic rings. The molecule has 1 unspecified atom stereocenters. The molecule has 2 aliphatic rings. The van der Waals surface area contributed by atoms with Crippen molar-refractivity contribution in [3.8, 4) is 0 Å². The third kappa shape index (κ3) is 6.30. The fourth-order valence-corrected chi connectivity index (χ4v) is 3.87. The zero-order valence-corrected chi connectivity index (χ0v) is 14.8. The van der Waals surface area contributed by atoms with Gasteiger partial charge in [0.2, 0.25) is 0 Å². The first-order valence-electron chi connectivity index (χ1n) is 9.41. The number of ether oxygens (including phenoxy) is 1. The molecule has 3 N–H and O–H groups in total. The smallest absolute Gasteiger partial charge is 0.190 e. The van der Waals surface area contributed by atoms with Crippen molar-refractivity contribution in [1.82, 2.24) is 10.6 Å². The van der Waals surface area contributed by atoms with Gasteiger partial charge >= 0.3 is 0 Å². The summed E-state index contributed by atoms with van der Waals surface area (Å²) in [5.41, 5.74) is 0.0643. The molecule has 0 bridgehead atoms. The Kier molecular flexibility index (Phi) is 8.17. The minimum absolute atomic E-state index is 0.0643. The van der Waals surface area contributed by atoms with Crippen LogP contribution in [0.15, 0.2) is 4.99 Å². The lowest BCUT2D eigenvalue weighted by Gasteiger charge is -2.27. The fourth-order valence-electron chi connectivity index (χ4n) is 3.87. The quantitative estimate of drug-likeness (QED) is 0.346. The summed E-state index contributed by atoms with van der Waals surface area (Å²) in [5, 5.41) is 16.1. The van der Waals surface area contributed by atoms with Crippen LogP contribution in [-0.2, 0) is 4.74 Å². The summed E-state index contributed by atoms with van der Waals surface area (Å²) in [4.78, 5) is 4.31. The number of aliphatic hydroxyl groups excluding tert-OH is 1. The Balaban J connectivity index is 1.59. The zero-order valence-electron chi connectivity index (χ0n) is 14.8. The highest BCUT2D eigenvalue weighted by Crippen LogP contribution is 2.31. The maximum Gasteiger partial charge on any atom is 0.190 e. The Morgan fingerprint density at radius 3 is 2.74 bits per heavy atom. The molecule has 2 rings (SSSR count). The van der Waals surface area contributed by atoms with E-state index in [-0.39, 0.29) is 12.0 Å². The van der Waals surface area contributed by atoms with Gasteiger partial charge in [0, 0.05) is 38.8 Å². The highest BCUT2D eigenvalue weighted by molar-refractivity contribution is 5.79. The summed E-state index contributed by atoms with van der Waals surface area (Å²) in [6.07, 6.45) is 11.5. The van der Waals surface area contributed by atoms with Crippen molar-refractivity contribution in [2.75, 3.05) is 40.0 Å². The van der Waals surface area contributed by atoms with E-state index in [9.17, 15) is 5.11 Å². The topological polar surface area (TPSA) is 65.9 Å². The number of hydrogen-bond donors (Lipinski definition) is 3. The summed E-state index contributed by atoms with van der Waals surface area (Å²) < 4.78 is 5.53. The van der Waals surface area contributed by atoms with Gasteiger partial charge in [0.05, 0.1) is 6.61 Å². The number of nitrogens with zero attached hydrogens (tertiary/aromatic N) is 1. The molecule has 1 heterocycles. The van der Waals surface area contributed by atoms with Gasteiger partial charge in [-0.2, -0.15) is 0 Å². The second kappa shape index (κ2) is 10.1. The highest BCUT2D eigenvalue weighted by Gasteiger charge is 2.34. The Labute approximate surface area is 141 Å². The summed E-state index contributed by atoms with van der Waals surface area (Å²) in [6.45, 7) is 3.55. The Morgan fingerprint density at radius 2 is 2.09 bits per heavy atom. The second-order valence-electron chi connectivity index (χ2n) is 7.28. The molecule has 0 spiro atoms. The van der Waals surface area contributed by atoms with Crippen LogP contribution in [0.5, 0.6) is 0 Å². The van der Waals surface area contributed by atoms with Crippen LogP contribution >= 0.6 is 0 Å². The lowest BCUT2D eigenvalue weighted by molar-refractivity contribution is 0.127. The minimum Gasteiger partial charge on any atom is -0.396 e. The minimum atomic E-state index is 0.0643. The van der Waals surface area contributed by atoms with Gasteiger partial charge in [0.15, 0.2) is 5.96 Å². The molecule has 0 amide bonds. The molecule has 0 aromatic carbocycles. The summed E-state index contributed by atoms with van der Waals surface area (Å²) in [5.74, 6) is 1.86. The van der Waals surface area contributed by atoms with E-state index in [1.807, 2.05) is 7.05 Å². The van der Waals surface area contributed by atoms with Gasteiger partial charge in [-0.25, -0.2) is 0 Å². The standard InChI is InChI=1S/C18H35N3O2/c1-19-17(20-11-5-4-8-16-6-2-3-7-16)21-14-18(9-12-22)10-13-23-15-18/h16,22H,2-15H2,1H3,(H2,19,20,21). The van der Waals surface area contributed by atoms with Gasteiger partial charge < -0.3 is 20.5 Å². The number of aliphatic imine (C=N–C) groups is 1. The largest absolute Gasteiger partial charge is 0.396 e. The maximum atomic E-state index is 9.28. The van der Waals surface area contributed by atoms with E-state index in [4.69, 9.17) is 4.74 Å². The molecule has 1 atom stereocenters. The molecule has 2 fully saturated rings. The van der Waals surface area contributed by atoms with Crippen molar-refractivity contribution >= 4 is 5.96 Å². The van der Waals surface area contributed by atoms with Crippen LogP contribution in [-0.4, -0.2) is 51.0 Å². The van der Waals surface area contributed by atoms with Crippen LogP contribution in [0.25, 0.3) is 0 Å². The predicted molar refractivity (Wildman–Crippen MR) is 94.7 cm³/mol. The normalized spacial score (nSPS) is 25.9. The van der Waals surface area contributed by atoms with Gasteiger partial charge in [-0.1, -0.05) is 38.5 Å². The summed E-state index contributed by atoms with van der Waals surface area (Å²) >= 11 is 0. The molecule has 134 valence electrons. The molecule has 0 radical (unpaired) electrons. The summed E-state index contributed by atoms with van der Waals surface area (Å²) in [6, 6.07) is 0. The number of rotatable bonds is 9. The van der Waals surface area contributed by atoms with Crippen molar-refractivity contribution < 1.29 is 9.84 Å². The van der Waals surface area contributed by atoms with E-state index >= 15 is 0 Å². The molecule has 1 saturated carbocycles. The van der Waals surface area contributed by atoms with E-state index in [0.717, 1.165) is 51.0 Å². The predicted octanol–water partition coefficient (Wildman–Crippen LogP) is 2.30. The molecular weight excluding hydrogens is 290 g/mol. The Hall–Kier alpha value is -0.810. The number of aliphatic hydroxyl groups is 1. The first-order valence-corrected chi connectivity index (χ1v) is 9.41. The van der Waals surface area contributed by atoms with Gasteiger partial charge in [-0.05, 0) is 25.2 Å². The Bertz CT molecular complexity index is 348. The van der Waals surface area contributed by atoms with Crippen molar-refractivity contribution in [1.29, 1.82) is 0 Å². The number of unbranched alkanes of at least 4 members (excludes halogenated alkanes) is 1. The molecule has 5 heteroatoms. The van der Waals surface area contributed by atoms with Crippen LogP contribution in [0.3, 0.4) is 0 Å². The lowest BCUT2D eigenvalue weighted by Crippen LogP contribution is -2.44. The van der Waals surface area contributed by atoms with Gasteiger partial charge in [-0.15, -0.1) is 0 Å². The third-order valence-corrected chi connectivity index (χ3v) is 5.49. The molecule has 0 aromatic heterocycles. The third-order valence-electron chi connectivity index (χ3n) is 5.49. The van der Waals surface area contributed by atoms with E-state index in [1.165, 1.54) is 44.9 Å². The summed E-state index contributed by atoms with van der Waals surface area (Å²) in [7, 11) is 1.82. The first-order chi connectivity index (χ1) is 11.3. The van der Waals surface area contributed by atoms with Crippen molar-refractivity contribution in [2.45, 2.75) is 57.8 Å². The van der Waals surface area contributed by atoms with Crippen LogP contribution in [0.4, 0.5) is 0 Å². The molecular formula is C18H35N3O2. The van der Waals surface area contributed by atoms with Crippen LogP contribution < -0.4 is 10.6 Å². The SMILES string of the molecule is CN=C(NCCCCC1CCCC1)NCC1(CCO)CCOC1. The zero-order chi connectivity index (χ0) is 16.4. The number of nitrogens with one attached hydrogen (secondary N) is 2. The van der Waals surface area contributed by atoms with Crippen molar-refractivity contribution in [3.63, 3.8) is 0 Å². The van der Waals surface area contributed by atoms with E-state index in [0.29, 0.717) is 0 Å². The van der Waals surface area contributed by atoms with Crippen LogP contribution in [0.2, 0.25) is 0 Å². The number of hydrogen-bond acceptors (Lipinski definition) is 3. The fraction of sp³-hybridized carbons (Fsp3) is 0.944. The highest BCUT2D eigenvalue weighted by atomic mass is 16.5. The average Bonchev–Trinajstić information content (AvgIpc) is 3.23. The van der Waals surface area contributed by atoms with E-state index < -0.39 is 0 Å². The second-order valence-corrected chi connectivity index (χ2v) is 7.28. The van der Waals surface area contributed by atoms with E-state index in [2.05, 4.69) is 15.6 Å². The van der Waals surface area contributed by atoms with Gasteiger partial charge in [0.25, 0.3) is 0 Å². The van der Waals surface area contributed by atoms with Crippen LogP contribution in [0, 0.1) is 11.3 Å². The lowest BCUT2D eigenvalue weighted by atomic mass is 9.84. The van der Waals surface area contributed by atoms with Gasteiger partial charge in [-0.3, -0.25) is 4.99 Å². The van der Waals surface area contributed by atoms with Crippen molar-refractivity contribution in [3.05, 3.63) is 0 Å². The number of guanidine groups is 1. The Morgan fingerprint density at radius 1 is 1.26 bits per heavy atom. The first kappa shape index (κ1) is 18.5. The van der Waals surface area contributed by atoms with Gasteiger partial charge in [0.1, 0.15) is 0 Å². The van der Waals surface area contributed by atoms with Crippen molar-refractivity contribution in [2.24, 2.45) is 16.3 Å². The average molecular weight is 325 g/mol. The molecule has 1 aliphatic heterocycles. The monoisotopic (exact) mass is 325 g/mol. The molecule has 23 heavy (non-hydrogen) atoms. The molecule has 5 nitrogen and oxygen atoms in total. The van der Waals surface area contributed by atoms with Crippen LogP contribution in [0.1, 0.15) is 57.8 Å².